The summed E-state index contributed by atoms with van der Waals surface area (Å²) >= 11 is 2.37. The second kappa shape index (κ2) is 5.70. The van der Waals surface area contributed by atoms with Crippen molar-refractivity contribution in [2.24, 2.45) is 0 Å². The number of rotatable bonds is 4. The fourth-order valence-corrected chi connectivity index (χ4v) is 2.54. The van der Waals surface area contributed by atoms with Crippen LogP contribution in [-0.2, 0) is 0 Å². The molecule has 1 N–H and O–H groups in total. The molecule has 15 heavy (non-hydrogen) atoms. The van der Waals surface area contributed by atoms with Gasteiger partial charge in [0.05, 0.1) is 0 Å². The first-order valence-electron chi connectivity index (χ1n) is 5.57. The van der Waals surface area contributed by atoms with Crippen molar-refractivity contribution in [3.05, 3.63) is 27.8 Å². The Morgan fingerprint density at radius 1 is 1.20 bits per heavy atom. The number of nitrogens with one attached hydrogen (secondary N) is 1. The van der Waals surface area contributed by atoms with Crippen LogP contribution in [0.5, 0.6) is 0 Å². The van der Waals surface area contributed by atoms with E-state index < -0.39 is 0 Å². The maximum atomic E-state index is 3.49. The maximum Gasteiger partial charge on any atom is 0.0476 e. The molecule has 1 aliphatic heterocycles. The quantitative estimate of drug-likeness (QED) is 0.860. The van der Waals surface area contributed by atoms with Crippen LogP contribution >= 0.6 is 22.6 Å². The smallest absolute Gasteiger partial charge is 0.0476 e. The lowest BCUT2D eigenvalue weighted by Crippen LogP contribution is -2.26. The number of hydrogen-bond donors (Lipinski definition) is 1. The third-order valence-electron chi connectivity index (χ3n) is 2.82. The summed E-state index contributed by atoms with van der Waals surface area (Å²) in [5, 5.41) is 3.49. The molecule has 1 fully saturated rings. The molecule has 0 atom stereocenters. The highest BCUT2D eigenvalue weighted by Crippen LogP contribution is 2.16. The molecule has 0 radical (unpaired) electrons. The number of nitrogens with zero attached hydrogens (tertiary/aromatic N) is 1. The second-order valence-corrected chi connectivity index (χ2v) is 5.12. The normalized spacial score (nSPS) is 16.9. The molecule has 2 nitrogen and oxygen atoms in total. The average molecular weight is 316 g/mol. The summed E-state index contributed by atoms with van der Waals surface area (Å²) in [6.45, 7) is 4.80. The first-order chi connectivity index (χ1) is 7.36. The summed E-state index contributed by atoms with van der Waals surface area (Å²) in [4.78, 5) is 2.53. The van der Waals surface area contributed by atoms with E-state index in [-0.39, 0.29) is 0 Å². The Morgan fingerprint density at radius 2 is 1.93 bits per heavy atom. The zero-order valence-corrected chi connectivity index (χ0v) is 11.0. The van der Waals surface area contributed by atoms with Crippen molar-refractivity contribution in [3.8, 4) is 0 Å². The van der Waals surface area contributed by atoms with Crippen LogP contribution in [0.15, 0.2) is 24.3 Å². The number of halogens is 1. The minimum atomic E-state index is 1.06. The molecule has 1 aliphatic rings. The van der Waals surface area contributed by atoms with Gasteiger partial charge in [0.2, 0.25) is 0 Å². The zero-order valence-electron chi connectivity index (χ0n) is 8.88. The van der Waals surface area contributed by atoms with Gasteiger partial charge in [-0.3, -0.25) is 0 Å². The lowest BCUT2D eigenvalue weighted by atomic mass is 10.3. The summed E-state index contributed by atoms with van der Waals surface area (Å²) < 4.78 is 1.30. The van der Waals surface area contributed by atoms with E-state index in [0.717, 1.165) is 6.54 Å². The summed E-state index contributed by atoms with van der Waals surface area (Å²) in [6, 6.07) is 8.44. The zero-order chi connectivity index (χ0) is 10.5. The highest BCUT2D eigenvalue weighted by molar-refractivity contribution is 14.1. The fraction of sp³-hybridized carbons (Fsp3) is 0.500. The standard InChI is InChI=1S/C12H17IN2/c13-11-5-1-2-6-12(11)14-7-10-15-8-3-4-9-15/h1-2,5-6,14H,3-4,7-10H2. The molecule has 1 aromatic carbocycles. The Hall–Kier alpha value is -0.290. The van der Waals surface area contributed by atoms with Gasteiger partial charge in [-0.1, -0.05) is 12.1 Å². The number of para-hydroxylation sites is 1. The van der Waals surface area contributed by atoms with Crippen LogP contribution in [0.3, 0.4) is 0 Å². The summed E-state index contributed by atoms with van der Waals surface area (Å²) in [5.74, 6) is 0. The van der Waals surface area contributed by atoms with Crippen molar-refractivity contribution < 1.29 is 0 Å². The average Bonchev–Trinajstić information content (AvgIpc) is 2.74. The van der Waals surface area contributed by atoms with E-state index in [1.165, 1.54) is 41.7 Å². The van der Waals surface area contributed by atoms with Crippen LogP contribution in [0, 0.1) is 3.57 Å². The fourth-order valence-electron chi connectivity index (χ4n) is 1.96. The number of benzene rings is 1. The van der Waals surface area contributed by atoms with Gasteiger partial charge < -0.3 is 10.2 Å². The molecule has 0 amide bonds. The molecular formula is C12H17IN2. The van der Waals surface area contributed by atoms with Crippen LogP contribution in [0.25, 0.3) is 0 Å². The van der Waals surface area contributed by atoms with E-state index in [2.05, 4.69) is 57.1 Å². The molecule has 0 spiro atoms. The highest BCUT2D eigenvalue weighted by atomic mass is 127. The van der Waals surface area contributed by atoms with Crippen molar-refractivity contribution >= 4 is 28.3 Å². The number of hydrogen-bond acceptors (Lipinski definition) is 2. The second-order valence-electron chi connectivity index (χ2n) is 3.96. The Morgan fingerprint density at radius 3 is 2.67 bits per heavy atom. The third kappa shape index (κ3) is 3.34. The van der Waals surface area contributed by atoms with Gasteiger partial charge in [0.15, 0.2) is 0 Å². The highest BCUT2D eigenvalue weighted by Gasteiger charge is 2.10. The van der Waals surface area contributed by atoms with Crippen molar-refractivity contribution in [1.82, 2.24) is 4.90 Å². The Labute approximate surface area is 105 Å². The van der Waals surface area contributed by atoms with Gasteiger partial charge in [-0.05, 0) is 60.7 Å². The van der Waals surface area contributed by atoms with Gasteiger partial charge in [0.25, 0.3) is 0 Å². The molecule has 1 saturated heterocycles. The third-order valence-corrected chi connectivity index (χ3v) is 3.76. The van der Waals surface area contributed by atoms with Gasteiger partial charge in [0, 0.05) is 22.3 Å². The SMILES string of the molecule is Ic1ccccc1NCCN1CCCC1. The molecule has 82 valence electrons. The van der Waals surface area contributed by atoms with Crippen LogP contribution in [0.4, 0.5) is 5.69 Å². The Balaban J connectivity index is 1.75. The van der Waals surface area contributed by atoms with E-state index >= 15 is 0 Å². The largest absolute Gasteiger partial charge is 0.383 e. The van der Waals surface area contributed by atoms with Crippen molar-refractivity contribution in [2.45, 2.75) is 12.8 Å². The number of anilines is 1. The summed E-state index contributed by atoms with van der Waals surface area (Å²) in [6.07, 6.45) is 2.76. The lowest BCUT2D eigenvalue weighted by Gasteiger charge is -2.15. The molecular weight excluding hydrogens is 299 g/mol. The first kappa shape index (κ1) is 11.2. The van der Waals surface area contributed by atoms with Crippen LogP contribution in [0.2, 0.25) is 0 Å². The monoisotopic (exact) mass is 316 g/mol. The molecule has 1 aromatic rings. The van der Waals surface area contributed by atoms with E-state index in [1.54, 1.807) is 0 Å². The predicted octanol–water partition coefficient (Wildman–Crippen LogP) is 2.80. The molecule has 3 heteroatoms. The van der Waals surface area contributed by atoms with Crippen molar-refractivity contribution in [1.29, 1.82) is 0 Å². The van der Waals surface area contributed by atoms with Crippen LogP contribution in [-0.4, -0.2) is 31.1 Å². The van der Waals surface area contributed by atoms with Gasteiger partial charge in [-0.25, -0.2) is 0 Å². The predicted molar refractivity (Wildman–Crippen MR) is 73.3 cm³/mol. The molecule has 0 aromatic heterocycles. The van der Waals surface area contributed by atoms with Gasteiger partial charge in [-0.15, -0.1) is 0 Å². The maximum absolute atomic E-state index is 3.49. The van der Waals surface area contributed by atoms with Crippen LogP contribution < -0.4 is 5.32 Å². The summed E-state index contributed by atoms with van der Waals surface area (Å²) in [5.41, 5.74) is 1.26. The molecule has 2 rings (SSSR count). The Bertz CT molecular complexity index is 308. The van der Waals surface area contributed by atoms with E-state index in [4.69, 9.17) is 0 Å². The van der Waals surface area contributed by atoms with Gasteiger partial charge >= 0.3 is 0 Å². The van der Waals surface area contributed by atoms with Gasteiger partial charge in [-0.2, -0.15) is 0 Å². The molecule has 1 heterocycles. The van der Waals surface area contributed by atoms with Crippen molar-refractivity contribution in [2.75, 3.05) is 31.5 Å². The molecule has 0 bridgehead atoms. The van der Waals surface area contributed by atoms with E-state index in [9.17, 15) is 0 Å². The Kier molecular flexibility index (Phi) is 4.26. The minimum Gasteiger partial charge on any atom is -0.383 e. The first-order valence-corrected chi connectivity index (χ1v) is 6.65. The van der Waals surface area contributed by atoms with E-state index in [0.29, 0.717) is 0 Å². The van der Waals surface area contributed by atoms with Gasteiger partial charge in [0.1, 0.15) is 0 Å². The molecule has 0 saturated carbocycles. The number of likely N-dealkylation sites (tertiary alicyclic amines) is 1. The lowest BCUT2D eigenvalue weighted by molar-refractivity contribution is 0.352. The molecule has 0 aliphatic carbocycles. The van der Waals surface area contributed by atoms with Crippen LogP contribution in [0.1, 0.15) is 12.8 Å². The van der Waals surface area contributed by atoms with E-state index in [1.807, 2.05) is 0 Å². The minimum absolute atomic E-state index is 1.06. The topological polar surface area (TPSA) is 15.3 Å². The van der Waals surface area contributed by atoms with Crippen molar-refractivity contribution in [3.63, 3.8) is 0 Å². The molecule has 0 unspecified atom stereocenters. The summed E-state index contributed by atoms with van der Waals surface area (Å²) in [7, 11) is 0.